The number of carboxylic acids is 1. The summed E-state index contributed by atoms with van der Waals surface area (Å²) in [5, 5.41) is 11.4. The van der Waals surface area contributed by atoms with Crippen LogP contribution in [0.5, 0.6) is 0 Å². The predicted octanol–water partition coefficient (Wildman–Crippen LogP) is 0.727. The van der Waals surface area contributed by atoms with Gasteiger partial charge in [0, 0.05) is 12.7 Å². The summed E-state index contributed by atoms with van der Waals surface area (Å²) in [6, 6.07) is 1.36. The molecule has 0 aliphatic carbocycles. The van der Waals surface area contributed by atoms with Gasteiger partial charge in [0.15, 0.2) is 0 Å². The third kappa shape index (κ3) is 5.43. The first-order valence-corrected chi connectivity index (χ1v) is 8.02. The molecule has 0 bridgehead atoms. The van der Waals surface area contributed by atoms with Crippen LogP contribution >= 0.6 is 0 Å². The van der Waals surface area contributed by atoms with Crippen LogP contribution < -0.4 is 5.32 Å². The lowest BCUT2D eigenvalue weighted by molar-refractivity contribution is -0.121. The topological polar surface area (TPSA) is 114 Å². The smallest absolute Gasteiger partial charge is 0.339 e. The standard InChI is InChI=1S/C12H17NO6S/c1-8-10(12(15)16)6-9(19-8)7-13-11(14)4-3-5-20(2,17)18/h6H,3-5,7H2,1-2H3,(H,13,14)(H,15,16). The van der Waals surface area contributed by atoms with Crippen LogP contribution in [0, 0.1) is 6.92 Å². The number of carbonyl (C=O) groups excluding carboxylic acids is 1. The Morgan fingerprint density at radius 2 is 2.05 bits per heavy atom. The molecule has 0 aromatic carbocycles. The Labute approximate surface area is 116 Å². The zero-order valence-electron chi connectivity index (χ0n) is 11.3. The Morgan fingerprint density at radius 1 is 1.40 bits per heavy atom. The summed E-state index contributed by atoms with van der Waals surface area (Å²) in [5.41, 5.74) is 0.0614. The molecular formula is C12H17NO6S. The Morgan fingerprint density at radius 3 is 2.55 bits per heavy atom. The minimum absolute atomic E-state index is 0.0383. The summed E-state index contributed by atoms with van der Waals surface area (Å²) in [5.74, 6) is -0.810. The van der Waals surface area contributed by atoms with Gasteiger partial charge in [-0.25, -0.2) is 13.2 Å². The number of rotatable bonds is 7. The first-order chi connectivity index (χ1) is 9.19. The van der Waals surface area contributed by atoms with Crippen LogP contribution in [-0.2, 0) is 21.2 Å². The van der Waals surface area contributed by atoms with Gasteiger partial charge in [-0.1, -0.05) is 0 Å². The molecule has 1 aromatic heterocycles. The first-order valence-electron chi connectivity index (χ1n) is 5.96. The van der Waals surface area contributed by atoms with Gasteiger partial charge in [0.1, 0.15) is 26.9 Å². The summed E-state index contributed by atoms with van der Waals surface area (Å²) in [4.78, 5) is 22.3. The molecule has 20 heavy (non-hydrogen) atoms. The summed E-state index contributed by atoms with van der Waals surface area (Å²) in [6.45, 7) is 1.60. The van der Waals surface area contributed by atoms with E-state index < -0.39 is 15.8 Å². The van der Waals surface area contributed by atoms with Crippen LogP contribution in [0.4, 0.5) is 0 Å². The van der Waals surface area contributed by atoms with Crippen molar-refractivity contribution >= 4 is 21.7 Å². The van der Waals surface area contributed by atoms with Crippen LogP contribution in [0.15, 0.2) is 10.5 Å². The molecule has 1 heterocycles. The third-order valence-corrected chi connectivity index (χ3v) is 3.61. The van der Waals surface area contributed by atoms with Gasteiger partial charge in [0.25, 0.3) is 0 Å². The van der Waals surface area contributed by atoms with Crippen molar-refractivity contribution in [2.45, 2.75) is 26.3 Å². The zero-order valence-corrected chi connectivity index (χ0v) is 12.1. The largest absolute Gasteiger partial charge is 0.478 e. The van der Waals surface area contributed by atoms with Crippen LogP contribution in [0.25, 0.3) is 0 Å². The molecule has 0 aliphatic heterocycles. The van der Waals surface area contributed by atoms with Crippen LogP contribution in [-0.4, -0.2) is 37.4 Å². The number of furan rings is 1. The maximum atomic E-state index is 11.5. The number of carboxylic acid groups (broad SMARTS) is 1. The van der Waals surface area contributed by atoms with E-state index in [1.54, 1.807) is 0 Å². The van der Waals surface area contributed by atoms with E-state index in [-0.39, 0.29) is 42.4 Å². The van der Waals surface area contributed by atoms with Crippen molar-refractivity contribution in [1.29, 1.82) is 0 Å². The normalized spacial score (nSPS) is 11.3. The molecule has 1 amide bonds. The van der Waals surface area contributed by atoms with Crippen LogP contribution in [0.1, 0.15) is 34.7 Å². The molecule has 8 heteroatoms. The lowest BCUT2D eigenvalue weighted by atomic mass is 10.2. The van der Waals surface area contributed by atoms with Gasteiger partial charge in [-0.05, 0) is 19.4 Å². The molecule has 0 atom stereocenters. The highest BCUT2D eigenvalue weighted by molar-refractivity contribution is 7.90. The van der Waals surface area contributed by atoms with Gasteiger partial charge in [0.05, 0.1) is 12.3 Å². The number of hydrogen-bond acceptors (Lipinski definition) is 5. The average molecular weight is 303 g/mol. The number of aromatic carboxylic acids is 1. The van der Waals surface area contributed by atoms with E-state index >= 15 is 0 Å². The second-order valence-electron chi connectivity index (χ2n) is 4.50. The second-order valence-corrected chi connectivity index (χ2v) is 6.76. The molecule has 0 aliphatic rings. The first kappa shape index (κ1) is 16.2. The molecule has 0 unspecified atom stereocenters. The summed E-state index contributed by atoms with van der Waals surface area (Å²) in [6.07, 6.45) is 1.46. The molecule has 0 fully saturated rings. The molecule has 7 nitrogen and oxygen atoms in total. The number of carbonyl (C=O) groups is 2. The van der Waals surface area contributed by atoms with Crippen molar-refractivity contribution in [2.24, 2.45) is 0 Å². The molecule has 1 aromatic rings. The van der Waals surface area contributed by atoms with Crippen LogP contribution in [0.2, 0.25) is 0 Å². The molecule has 2 N–H and O–H groups in total. The number of aryl methyl sites for hydroxylation is 1. The molecule has 1 rings (SSSR count). The molecule has 0 saturated heterocycles. The summed E-state index contributed by atoms with van der Waals surface area (Å²) < 4.78 is 27.0. The maximum absolute atomic E-state index is 11.5. The monoisotopic (exact) mass is 303 g/mol. The number of hydrogen-bond donors (Lipinski definition) is 2. The second kappa shape index (κ2) is 6.56. The molecular weight excluding hydrogens is 286 g/mol. The summed E-state index contributed by atoms with van der Waals surface area (Å²) in [7, 11) is -3.06. The van der Waals surface area contributed by atoms with Crippen molar-refractivity contribution in [3.05, 3.63) is 23.2 Å². The third-order valence-electron chi connectivity index (χ3n) is 2.58. The lowest BCUT2D eigenvalue weighted by Gasteiger charge is -2.02. The van der Waals surface area contributed by atoms with Crippen LogP contribution in [0.3, 0.4) is 0 Å². The van der Waals surface area contributed by atoms with Gasteiger partial charge < -0.3 is 14.8 Å². The fraction of sp³-hybridized carbons (Fsp3) is 0.500. The minimum atomic E-state index is -3.06. The minimum Gasteiger partial charge on any atom is -0.478 e. The van der Waals surface area contributed by atoms with Gasteiger partial charge >= 0.3 is 5.97 Å². The Hall–Kier alpha value is -1.83. The SMILES string of the molecule is Cc1oc(CNC(=O)CCCS(C)(=O)=O)cc1C(=O)O. The van der Waals surface area contributed by atoms with E-state index in [0.29, 0.717) is 5.76 Å². The lowest BCUT2D eigenvalue weighted by Crippen LogP contribution is -2.22. The van der Waals surface area contributed by atoms with Crippen molar-refractivity contribution in [3.8, 4) is 0 Å². The van der Waals surface area contributed by atoms with Crippen molar-refractivity contribution in [3.63, 3.8) is 0 Å². The van der Waals surface area contributed by atoms with Gasteiger partial charge in [-0.2, -0.15) is 0 Å². The van der Waals surface area contributed by atoms with Crippen molar-refractivity contribution < 1.29 is 27.5 Å². The van der Waals surface area contributed by atoms with Crippen molar-refractivity contribution in [1.82, 2.24) is 5.32 Å². The maximum Gasteiger partial charge on any atom is 0.339 e. The van der Waals surface area contributed by atoms with E-state index in [0.717, 1.165) is 6.26 Å². The predicted molar refractivity (Wildman–Crippen MR) is 71.2 cm³/mol. The summed E-state index contributed by atoms with van der Waals surface area (Å²) >= 11 is 0. The highest BCUT2D eigenvalue weighted by Crippen LogP contribution is 2.14. The van der Waals surface area contributed by atoms with E-state index in [1.807, 2.05) is 0 Å². The van der Waals surface area contributed by atoms with E-state index in [2.05, 4.69) is 5.32 Å². The molecule has 0 radical (unpaired) electrons. The number of nitrogens with one attached hydrogen (secondary N) is 1. The molecule has 112 valence electrons. The van der Waals surface area contributed by atoms with Gasteiger partial charge in [-0.15, -0.1) is 0 Å². The highest BCUT2D eigenvalue weighted by atomic mass is 32.2. The number of amides is 1. The Kier molecular flexibility index (Phi) is 5.32. The highest BCUT2D eigenvalue weighted by Gasteiger charge is 2.14. The van der Waals surface area contributed by atoms with E-state index in [4.69, 9.17) is 9.52 Å². The quantitative estimate of drug-likeness (QED) is 0.767. The van der Waals surface area contributed by atoms with Gasteiger partial charge in [-0.3, -0.25) is 4.79 Å². The fourth-order valence-corrected chi connectivity index (χ4v) is 2.28. The molecule has 0 spiro atoms. The zero-order chi connectivity index (χ0) is 15.3. The fourth-order valence-electron chi connectivity index (χ4n) is 1.61. The van der Waals surface area contributed by atoms with E-state index in [1.165, 1.54) is 13.0 Å². The van der Waals surface area contributed by atoms with Crippen molar-refractivity contribution in [2.75, 3.05) is 12.0 Å². The Bertz CT molecular complexity index is 601. The molecule has 0 saturated carbocycles. The Balaban J connectivity index is 2.41. The van der Waals surface area contributed by atoms with Gasteiger partial charge in [0.2, 0.25) is 5.91 Å². The average Bonchev–Trinajstić information content (AvgIpc) is 2.66. The number of sulfone groups is 1. The van der Waals surface area contributed by atoms with E-state index in [9.17, 15) is 18.0 Å².